The summed E-state index contributed by atoms with van der Waals surface area (Å²) in [6, 6.07) is 16.9. The zero-order valence-corrected chi connectivity index (χ0v) is 15.3. The Hall–Kier alpha value is -2.57. The first-order valence-corrected chi connectivity index (χ1v) is 9.29. The second-order valence-corrected chi connectivity index (χ2v) is 6.74. The van der Waals surface area contributed by atoms with E-state index >= 15 is 0 Å². The Morgan fingerprint density at radius 2 is 1.81 bits per heavy atom. The van der Waals surface area contributed by atoms with Crippen molar-refractivity contribution >= 4 is 11.8 Å². The van der Waals surface area contributed by atoms with E-state index in [4.69, 9.17) is 4.74 Å². The number of hydrogen-bond acceptors (Lipinski definition) is 5. The molecule has 2 unspecified atom stereocenters. The number of carbonyl (C=O) groups excluding carboxylic acids is 1. The minimum Gasteiger partial charge on any atom is -0.445 e. The highest BCUT2D eigenvalue weighted by molar-refractivity contribution is 5.67. The number of nitrogens with zero attached hydrogens (tertiary/aromatic N) is 1. The molecule has 0 bridgehead atoms. The molecule has 2 atom stereocenters. The average Bonchev–Trinajstić information content (AvgIpc) is 3.25. The van der Waals surface area contributed by atoms with Crippen LogP contribution in [-0.2, 0) is 11.3 Å². The molecule has 0 saturated carbocycles. The van der Waals surface area contributed by atoms with Gasteiger partial charge in [0.05, 0.1) is 0 Å². The lowest BCUT2D eigenvalue weighted by molar-refractivity contribution is 0.0184. The van der Waals surface area contributed by atoms with E-state index in [-0.39, 0.29) is 13.2 Å². The normalized spacial score (nSPS) is 16.0. The van der Waals surface area contributed by atoms with Crippen molar-refractivity contribution in [2.24, 2.45) is 0 Å². The molecule has 1 heterocycles. The smallest absolute Gasteiger partial charge is 0.407 e. The SMILES string of the molecule is O=C(NCC(O)C(O)c1cccc(N2CCCC2)c1)OCc1ccccc1. The highest BCUT2D eigenvalue weighted by Crippen LogP contribution is 2.25. The zero-order valence-electron chi connectivity index (χ0n) is 15.3. The monoisotopic (exact) mass is 370 g/mol. The van der Waals surface area contributed by atoms with Gasteiger partial charge in [0.1, 0.15) is 18.8 Å². The molecule has 144 valence electrons. The number of nitrogens with one attached hydrogen (secondary N) is 1. The summed E-state index contributed by atoms with van der Waals surface area (Å²) in [5.41, 5.74) is 2.56. The average molecular weight is 370 g/mol. The molecule has 27 heavy (non-hydrogen) atoms. The van der Waals surface area contributed by atoms with Crippen LogP contribution in [0.2, 0.25) is 0 Å². The van der Waals surface area contributed by atoms with Crippen molar-refractivity contribution in [1.29, 1.82) is 0 Å². The second-order valence-electron chi connectivity index (χ2n) is 6.74. The number of ether oxygens (including phenoxy) is 1. The molecule has 3 N–H and O–H groups in total. The maximum Gasteiger partial charge on any atom is 0.407 e. The number of carbonyl (C=O) groups is 1. The van der Waals surface area contributed by atoms with Crippen LogP contribution in [-0.4, -0.2) is 42.0 Å². The van der Waals surface area contributed by atoms with Gasteiger partial charge in [-0.05, 0) is 36.1 Å². The summed E-state index contributed by atoms with van der Waals surface area (Å²) >= 11 is 0. The van der Waals surface area contributed by atoms with E-state index in [0.29, 0.717) is 5.56 Å². The van der Waals surface area contributed by atoms with E-state index in [1.165, 1.54) is 12.8 Å². The number of benzene rings is 2. The number of hydrogen-bond donors (Lipinski definition) is 3. The predicted octanol–water partition coefficient (Wildman–Crippen LogP) is 2.61. The number of anilines is 1. The van der Waals surface area contributed by atoms with Crippen LogP contribution >= 0.6 is 0 Å². The highest BCUT2D eigenvalue weighted by atomic mass is 16.5. The summed E-state index contributed by atoms with van der Waals surface area (Å²) in [4.78, 5) is 14.0. The van der Waals surface area contributed by atoms with E-state index in [2.05, 4.69) is 10.2 Å². The summed E-state index contributed by atoms with van der Waals surface area (Å²) in [7, 11) is 0. The summed E-state index contributed by atoms with van der Waals surface area (Å²) in [5.74, 6) is 0. The molecule has 6 nitrogen and oxygen atoms in total. The third-order valence-electron chi connectivity index (χ3n) is 4.72. The number of amides is 1. The Morgan fingerprint density at radius 1 is 1.07 bits per heavy atom. The van der Waals surface area contributed by atoms with Gasteiger partial charge in [-0.3, -0.25) is 0 Å². The minimum atomic E-state index is -1.12. The fourth-order valence-electron chi connectivity index (χ4n) is 3.18. The van der Waals surface area contributed by atoms with Crippen molar-refractivity contribution in [3.8, 4) is 0 Å². The molecule has 3 rings (SSSR count). The molecular weight excluding hydrogens is 344 g/mol. The Labute approximate surface area is 159 Å². The number of alkyl carbamates (subject to hydrolysis) is 1. The third kappa shape index (κ3) is 5.45. The number of rotatable bonds is 7. The molecule has 1 aliphatic heterocycles. The fourth-order valence-corrected chi connectivity index (χ4v) is 3.18. The van der Waals surface area contributed by atoms with Crippen LogP contribution in [0, 0.1) is 0 Å². The van der Waals surface area contributed by atoms with Gasteiger partial charge >= 0.3 is 6.09 Å². The molecule has 0 spiro atoms. The van der Waals surface area contributed by atoms with Gasteiger partial charge in [-0.25, -0.2) is 4.79 Å². The molecule has 1 aliphatic rings. The van der Waals surface area contributed by atoms with Crippen molar-refractivity contribution in [1.82, 2.24) is 5.32 Å². The Balaban J connectivity index is 1.48. The Morgan fingerprint density at radius 3 is 2.56 bits per heavy atom. The van der Waals surface area contributed by atoms with Gasteiger partial charge in [0.25, 0.3) is 0 Å². The molecular formula is C21H26N2O4. The lowest BCUT2D eigenvalue weighted by Gasteiger charge is -2.22. The third-order valence-corrected chi connectivity index (χ3v) is 4.72. The predicted molar refractivity (Wildman–Crippen MR) is 103 cm³/mol. The highest BCUT2D eigenvalue weighted by Gasteiger charge is 2.21. The topological polar surface area (TPSA) is 82.0 Å². The Kier molecular flexibility index (Phi) is 6.68. The zero-order chi connectivity index (χ0) is 19.1. The lowest BCUT2D eigenvalue weighted by atomic mass is 10.0. The summed E-state index contributed by atoms with van der Waals surface area (Å²) in [5, 5.41) is 23.1. The fraction of sp³-hybridized carbons (Fsp3) is 0.381. The van der Waals surface area contributed by atoms with Crippen LogP contribution in [0.1, 0.15) is 30.1 Å². The molecule has 2 aromatic carbocycles. The first-order chi connectivity index (χ1) is 13.1. The first-order valence-electron chi connectivity index (χ1n) is 9.29. The minimum absolute atomic E-state index is 0.0945. The summed E-state index contributed by atoms with van der Waals surface area (Å²) in [6.07, 6.45) is -0.490. The van der Waals surface area contributed by atoms with Crippen molar-refractivity contribution in [2.75, 3.05) is 24.5 Å². The van der Waals surface area contributed by atoms with Crippen LogP contribution in [0.5, 0.6) is 0 Å². The van der Waals surface area contributed by atoms with Crippen LogP contribution in [0.4, 0.5) is 10.5 Å². The van der Waals surface area contributed by atoms with Gasteiger partial charge in [0.2, 0.25) is 0 Å². The van der Waals surface area contributed by atoms with Crippen molar-refractivity contribution < 1.29 is 19.7 Å². The molecule has 0 radical (unpaired) electrons. The van der Waals surface area contributed by atoms with Gasteiger partial charge in [-0.2, -0.15) is 0 Å². The lowest BCUT2D eigenvalue weighted by Crippen LogP contribution is -2.35. The van der Waals surface area contributed by atoms with E-state index < -0.39 is 18.3 Å². The molecule has 0 aliphatic carbocycles. The molecule has 1 amide bonds. The standard InChI is InChI=1S/C21H26N2O4/c24-19(14-22-21(26)27-15-16-7-2-1-3-8-16)20(25)17-9-6-10-18(13-17)23-11-4-5-12-23/h1-3,6-10,13,19-20,24-25H,4-5,11-12,14-15H2,(H,22,26). The molecule has 0 aromatic heterocycles. The van der Waals surface area contributed by atoms with E-state index in [9.17, 15) is 15.0 Å². The summed E-state index contributed by atoms with van der Waals surface area (Å²) < 4.78 is 5.10. The van der Waals surface area contributed by atoms with Crippen molar-refractivity contribution in [2.45, 2.75) is 31.7 Å². The van der Waals surface area contributed by atoms with Crippen LogP contribution in [0.3, 0.4) is 0 Å². The molecule has 1 saturated heterocycles. The van der Waals surface area contributed by atoms with Crippen molar-refractivity contribution in [3.63, 3.8) is 0 Å². The van der Waals surface area contributed by atoms with E-state index in [1.54, 1.807) is 6.07 Å². The van der Waals surface area contributed by atoms with Crippen molar-refractivity contribution in [3.05, 3.63) is 65.7 Å². The second kappa shape index (κ2) is 9.39. The van der Waals surface area contributed by atoms with Gasteiger partial charge in [0.15, 0.2) is 0 Å². The van der Waals surface area contributed by atoms with Gasteiger partial charge in [-0.1, -0.05) is 42.5 Å². The molecule has 1 fully saturated rings. The number of aliphatic hydroxyl groups excluding tert-OH is 2. The quantitative estimate of drug-likeness (QED) is 0.698. The Bertz CT molecular complexity index is 732. The van der Waals surface area contributed by atoms with Gasteiger partial charge in [0, 0.05) is 25.3 Å². The van der Waals surface area contributed by atoms with E-state index in [1.807, 2.05) is 48.5 Å². The van der Waals surface area contributed by atoms with Crippen LogP contribution in [0.25, 0.3) is 0 Å². The van der Waals surface area contributed by atoms with Gasteiger partial charge in [-0.15, -0.1) is 0 Å². The summed E-state index contributed by atoms with van der Waals surface area (Å²) in [6.45, 7) is 2.08. The molecule has 2 aromatic rings. The first kappa shape index (κ1) is 19.2. The van der Waals surface area contributed by atoms with Gasteiger partial charge < -0.3 is 25.2 Å². The maximum atomic E-state index is 11.8. The largest absolute Gasteiger partial charge is 0.445 e. The van der Waals surface area contributed by atoms with Crippen LogP contribution in [0.15, 0.2) is 54.6 Å². The van der Waals surface area contributed by atoms with Crippen LogP contribution < -0.4 is 10.2 Å². The maximum absolute atomic E-state index is 11.8. The van der Waals surface area contributed by atoms with E-state index in [0.717, 1.165) is 24.3 Å². The molecule has 6 heteroatoms. The number of aliphatic hydroxyl groups is 2.